The second-order valence-corrected chi connectivity index (χ2v) is 5.81. The standard InChI is InChI=1S/C10H13NO2S/c1-13-8-2-4-9(5-3-8)14(11,12)10-6-7-10/h2-5,10-11H,6-7H2,1H3. The fraction of sp³-hybridized carbons (Fsp3) is 0.400. The quantitative estimate of drug-likeness (QED) is 0.833. The van der Waals surface area contributed by atoms with Crippen LogP contribution in [0.4, 0.5) is 0 Å². The summed E-state index contributed by atoms with van der Waals surface area (Å²) < 4.78 is 24.8. The zero-order chi connectivity index (χ0) is 10.2. The van der Waals surface area contributed by atoms with Gasteiger partial charge in [0.2, 0.25) is 0 Å². The predicted molar refractivity (Wildman–Crippen MR) is 55.1 cm³/mol. The van der Waals surface area contributed by atoms with Crippen molar-refractivity contribution in [2.75, 3.05) is 7.11 Å². The lowest BCUT2D eigenvalue weighted by atomic mass is 10.3. The zero-order valence-corrected chi connectivity index (χ0v) is 8.84. The Kier molecular flexibility index (Phi) is 2.23. The van der Waals surface area contributed by atoms with Crippen molar-refractivity contribution in [2.24, 2.45) is 0 Å². The molecule has 1 aliphatic rings. The molecule has 0 heterocycles. The normalized spacial score (nSPS) is 20.1. The number of ether oxygens (including phenoxy) is 1. The number of nitrogens with one attached hydrogen (secondary N) is 1. The van der Waals surface area contributed by atoms with Gasteiger partial charge in [0.05, 0.1) is 16.8 Å². The monoisotopic (exact) mass is 211 g/mol. The van der Waals surface area contributed by atoms with E-state index in [0.717, 1.165) is 18.6 Å². The maximum absolute atomic E-state index is 12.0. The molecule has 14 heavy (non-hydrogen) atoms. The molecular weight excluding hydrogens is 198 g/mol. The first-order valence-electron chi connectivity index (χ1n) is 4.56. The van der Waals surface area contributed by atoms with Gasteiger partial charge in [0.25, 0.3) is 0 Å². The highest BCUT2D eigenvalue weighted by Crippen LogP contribution is 2.34. The molecule has 0 aromatic heterocycles. The van der Waals surface area contributed by atoms with Crippen LogP contribution < -0.4 is 4.74 Å². The molecule has 0 radical (unpaired) electrons. The molecule has 0 amide bonds. The van der Waals surface area contributed by atoms with Crippen molar-refractivity contribution >= 4 is 9.73 Å². The molecule has 1 N–H and O–H groups in total. The summed E-state index contributed by atoms with van der Waals surface area (Å²) in [5.41, 5.74) is 0. The Bertz CT molecular complexity index is 418. The van der Waals surface area contributed by atoms with E-state index >= 15 is 0 Å². The van der Waals surface area contributed by atoms with E-state index in [1.807, 2.05) is 0 Å². The molecule has 1 aromatic carbocycles. The van der Waals surface area contributed by atoms with Crippen LogP contribution in [-0.2, 0) is 9.73 Å². The zero-order valence-electron chi connectivity index (χ0n) is 8.03. The van der Waals surface area contributed by atoms with Crippen molar-refractivity contribution in [2.45, 2.75) is 23.0 Å². The fourth-order valence-corrected chi connectivity index (χ4v) is 3.10. The van der Waals surface area contributed by atoms with Crippen LogP contribution in [0.2, 0.25) is 0 Å². The largest absolute Gasteiger partial charge is 0.497 e. The molecule has 1 unspecified atom stereocenters. The minimum Gasteiger partial charge on any atom is -0.497 e. The van der Waals surface area contributed by atoms with Crippen LogP contribution in [0, 0.1) is 4.78 Å². The molecule has 4 heteroatoms. The van der Waals surface area contributed by atoms with Crippen LogP contribution in [0.1, 0.15) is 12.8 Å². The minimum atomic E-state index is -2.55. The molecule has 2 rings (SSSR count). The maximum atomic E-state index is 12.0. The topological polar surface area (TPSA) is 50.1 Å². The summed E-state index contributed by atoms with van der Waals surface area (Å²) in [4.78, 5) is 0.626. The van der Waals surface area contributed by atoms with Gasteiger partial charge in [0.1, 0.15) is 5.75 Å². The number of hydrogen-bond acceptors (Lipinski definition) is 3. The lowest BCUT2D eigenvalue weighted by molar-refractivity contribution is 0.414. The molecule has 0 saturated heterocycles. The van der Waals surface area contributed by atoms with E-state index in [1.54, 1.807) is 31.4 Å². The number of methoxy groups -OCH3 is 1. The summed E-state index contributed by atoms with van der Waals surface area (Å²) in [6, 6.07) is 6.97. The molecule has 1 atom stereocenters. The fourth-order valence-electron chi connectivity index (χ4n) is 1.37. The van der Waals surface area contributed by atoms with Crippen molar-refractivity contribution in [1.82, 2.24) is 0 Å². The minimum absolute atomic E-state index is 0.0795. The van der Waals surface area contributed by atoms with Crippen LogP contribution in [0.25, 0.3) is 0 Å². The van der Waals surface area contributed by atoms with E-state index in [1.165, 1.54) is 0 Å². The maximum Gasteiger partial charge on any atom is 0.118 e. The Hall–Kier alpha value is -1.03. The van der Waals surface area contributed by atoms with E-state index < -0.39 is 9.73 Å². The molecule has 0 spiro atoms. The summed E-state index contributed by atoms with van der Waals surface area (Å²) >= 11 is 0. The lowest BCUT2D eigenvalue weighted by Crippen LogP contribution is -2.04. The Morgan fingerprint density at radius 1 is 1.36 bits per heavy atom. The first-order valence-corrected chi connectivity index (χ1v) is 6.18. The van der Waals surface area contributed by atoms with Crippen molar-refractivity contribution in [1.29, 1.82) is 4.78 Å². The van der Waals surface area contributed by atoms with Crippen LogP contribution in [0.15, 0.2) is 29.2 Å². The summed E-state index contributed by atoms with van der Waals surface area (Å²) in [7, 11) is -0.955. The van der Waals surface area contributed by atoms with Gasteiger partial charge in [0, 0.05) is 10.1 Å². The predicted octanol–water partition coefficient (Wildman–Crippen LogP) is 2.26. The lowest BCUT2D eigenvalue weighted by Gasteiger charge is -2.06. The van der Waals surface area contributed by atoms with Gasteiger partial charge in [0.15, 0.2) is 0 Å². The average Bonchev–Trinajstić information content (AvgIpc) is 3.01. The van der Waals surface area contributed by atoms with Crippen LogP contribution in [0.5, 0.6) is 5.75 Å². The van der Waals surface area contributed by atoms with E-state index in [9.17, 15) is 4.21 Å². The van der Waals surface area contributed by atoms with Gasteiger partial charge >= 0.3 is 0 Å². The SMILES string of the molecule is COc1ccc(S(=N)(=O)C2CC2)cc1. The van der Waals surface area contributed by atoms with E-state index in [0.29, 0.717) is 4.90 Å². The van der Waals surface area contributed by atoms with Gasteiger partial charge in [-0.3, -0.25) is 0 Å². The second-order valence-electron chi connectivity index (χ2n) is 3.48. The number of hydrogen-bond donors (Lipinski definition) is 1. The van der Waals surface area contributed by atoms with Crippen molar-refractivity contribution in [3.63, 3.8) is 0 Å². The Balaban J connectivity index is 2.33. The van der Waals surface area contributed by atoms with Crippen LogP contribution in [0.3, 0.4) is 0 Å². The Labute approximate surface area is 84.1 Å². The number of benzene rings is 1. The highest BCUT2D eigenvalue weighted by atomic mass is 32.2. The van der Waals surface area contributed by atoms with Crippen molar-refractivity contribution < 1.29 is 8.95 Å². The van der Waals surface area contributed by atoms with Gasteiger partial charge in [-0.1, -0.05) is 0 Å². The average molecular weight is 211 g/mol. The van der Waals surface area contributed by atoms with Gasteiger partial charge < -0.3 is 4.74 Å². The molecule has 1 saturated carbocycles. The van der Waals surface area contributed by atoms with E-state index in [-0.39, 0.29) is 5.25 Å². The molecule has 3 nitrogen and oxygen atoms in total. The van der Waals surface area contributed by atoms with E-state index in [4.69, 9.17) is 9.52 Å². The van der Waals surface area contributed by atoms with Gasteiger partial charge in [-0.25, -0.2) is 8.99 Å². The highest BCUT2D eigenvalue weighted by molar-refractivity contribution is 7.93. The second kappa shape index (κ2) is 3.28. The first-order chi connectivity index (χ1) is 6.64. The molecular formula is C10H13NO2S. The summed E-state index contributed by atoms with van der Waals surface area (Å²) in [5, 5.41) is 0.0795. The van der Waals surface area contributed by atoms with Gasteiger partial charge in [-0.05, 0) is 37.1 Å². The van der Waals surface area contributed by atoms with Crippen molar-refractivity contribution in [3.8, 4) is 5.75 Å². The molecule has 76 valence electrons. The smallest absolute Gasteiger partial charge is 0.118 e. The Morgan fingerprint density at radius 3 is 2.36 bits per heavy atom. The van der Waals surface area contributed by atoms with Gasteiger partial charge in [-0.15, -0.1) is 0 Å². The molecule has 1 aliphatic carbocycles. The molecule has 0 bridgehead atoms. The number of rotatable bonds is 3. The van der Waals surface area contributed by atoms with Crippen LogP contribution in [-0.4, -0.2) is 16.6 Å². The summed E-state index contributed by atoms with van der Waals surface area (Å²) in [5.74, 6) is 0.736. The third-order valence-electron chi connectivity index (χ3n) is 2.40. The Morgan fingerprint density at radius 2 is 1.93 bits per heavy atom. The highest BCUT2D eigenvalue weighted by Gasteiger charge is 2.33. The van der Waals surface area contributed by atoms with Gasteiger partial charge in [-0.2, -0.15) is 0 Å². The molecule has 1 fully saturated rings. The summed E-state index contributed by atoms with van der Waals surface area (Å²) in [6.07, 6.45) is 1.85. The first kappa shape index (κ1) is 9.52. The summed E-state index contributed by atoms with van der Waals surface area (Å²) in [6.45, 7) is 0. The van der Waals surface area contributed by atoms with Crippen molar-refractivity contribution in [3.05, 3.63) is 24.3 Å². The molecule has 0 aliphatic heterocycles. The van der Waals surface area contributed by atoms with Crippen LogP contribution >= 0.6 is 0 Å². The third-order valence-corrected chi connectivity index (χ3v) is 4.79. The molecule has 1 aromatic rings. The third kappa shape index (κ3) is 1.62. The van der Waals surface area contributed by atoms with E-state index in [2.05, 4.69) is 0 Å².